The van der Waals surface area contributed by atoms with Gasteiger partial charge in [-0.3, -0.25) is 4.98 Å². The van der Waals surface area contributed by atoms with Gasteiger partial charge >= 0.3 is 0 Å². The Hall–Kier alpha value is -9.59. The van der Waals surface area contributed by atoms with E-state index in [0.717, 1.165) is 103 Å². The molecule has 0 aliphatic rings. The zero-order chi connectivity index (χ0) is 69.7. The monoisotopic (exact) mass is 1510 g/mol. The molecule has 0 bridgehead atoms. The molecule has 20 nitrogen and oxygen atoms in total. The van der Waals surface area contributed by atoms with E-state index in [1.165, 1.54) is 0 Å². The number of nitrogens with zero attached hydrogens (tertiary/aromatic N) is 20. The molecule has 0 fully saturated rings. The van der Waals surface area contributed by atoms with Gasteiger partial charge in [-0.15, -0.1) is 29.8 Å². The Morgan fingerprint density at radius 1 is 0.283 bits per heavy atom. The summed E-state index contributed by atoms with van der Waals surface area (Å²) in [5.41, 5.74) is 7.11. The van der Waals surface area contributed by atoms with Crippen molar-refractivity contribution in [2.75, 3.05) is 0 Å². The Balaban J connectivity index is 0.000000207. The van der Waals surface area contributed by atoms with E-state index in [9.17, 15) is 0 Å². The zero-order valence-corrected chi connectivity index (χ0v) is 62.6. The topological polar surface area (TPSA) is 226 Å². The van der Waals surface area contributed by atoms with Gasteiger partial charge in [0, 0.05) is 164 Å². The summed E-state index contributed by atoms with van der Waals surface area (Å²) in [5.74, 6) is 11.2. The summed E-state index contributed by atoms with van der Waals surface area (Å²) in [6.45, 7) is 38.1. The second-order valence-electron chi connectivity index (χ2n) is 30.1. The van der Waals surface area contributed by atoms with E-state index < -0.39 is 0 Å². The quantitative estimate of drug-likeness (QED) is 0.129. The molecule has 4 aromatic carbocycles. The molecule has 8 aromatic heterocycles. The van der Waals surface area contributed by atoms with Gasteiger partial charge in [0.15, 0.2) is 17.5 Å². The predicted octanol–water partition coefficient (Wildman–Crippen LogP) is 16.6. The SMILES string of the molecule is C.C.Cn1ccnc1-c1[c-]ccc(-c2nc(C(C)(C)C)nc(C(C)(C)C)n2)c1.Cn1ccnc1-c1cccc(-c2nc(C(C)(C)C)nc(C(C)(C)C)n2)c1.Cn1ccnc1-c1cccc(-c2ncnc(C(C)(C)C)n2)c1.Cn1ccnc1-c1cccc(-c2ncnc(C(C)(C)C)n2)c1.[Ir]. The van der Waals surface area contributed by atoms with E-state index in [2.05, 4.69) is 205 Å². The molecule has 0 aliphatic carbocycles. The molecule has 0 N–H and O–H groups in total. The Morgan fingerprint density at radius 3 is 0.828 bits per heavy atom. The van der Waals surface area contributed by atoms with Crippen molar-refractivity contribution in [2.45, 2.75) is 172 Å². The molecular weight excluding hydrogens is 1410 g/mol. The minimum absolute atomic E-state index is 0. The van der Waals surface area contributed by atoms with Crippen LogP contribution in [0.3, 0.4) is 0 Å². The number of aromatic nitrogens is 20. The molecule has 8 heterocycles. The van der Waals surface area contributed by atoms with Crippen LogP contribution in [0.15, 0.2) is 153 Å². The zero-order valence-electron chi connectivity index (χ0n) is 60.2. The van der Waals surface area contributed by atoms with Crippen LogP contribution >= 0.6 is 0 Å². The average Bonchev–Trinajstić information content (AvgIpc) is 1.12. The fourth-order valence-corrected chi connectivity index (χ4v) is 9.63. The molecule has 0 atom stereocenters. The van der Waals surface area contributed by atoms with Crippen molar-refractivity contribution in [3.05, 3.63) is 194 Å². The predicted molar refractivity (Wildman–Crippen MR) is 394 cm³/mol. The molecule has 0 amide bonds. The van der Waals surface area contributed by atoms with Crippen LogP contribution in [0.4, 0.5) is 0 Å². The van der Waals surface area contributed by atoms with Crippen molar-refractivity contribution in [3.63, 3.8) is 0 Å². The first-order chi connectivity index (χ1) is 45.0. The number of hydrogen-bond acceptors (Lipinski definition) is 16. The first-order valence-corrected chi connectivity index (χ1v) is 32.2. The number of benzene rings is 4. The molecule has 0 spiro atoms. The van der Waals surface area contributed by atoms with Gasteiger partial charge in [0.1, 0.15) is 70.9 Å². The van der Waals surface area contributed by atoms with Crippen LogP contribution in [0.25, 0.3) is 91.1 Å². The number of aryl methyl sites for hydroxylation is 4. The van der Waals surface area contributed by atoms with Crippen molar-refractivity contribution in [2.24, 2.45) is 28.2 Å². The second-order valence-corrected chi connectivity index (χ2v) is 30.1. The third kappa shape index (κ3) is 19.8. The Kier molecular flexibility index (Phi) is 25.0. The van der Waals surface area contributed by atoms with Gasteiger partial charge in [0.2, 0.25) is 0 Å². The number of imidazole rings is 4. The Morgan fingerprint density at radius 2 is 0.545 bits per heavy atom. The molecule has 521 valence electrons. The van der Waals surface area contributed by atoms with Gasteiger partial charge < -0.3 is 18.3 Å². The summed E-state index contributed by atoms with van der Waals surface area (Å²) in [5, 5.41) is 0. The van der Waals surface area contributed by atoms with Crippen LogP contribution in [0.5, 0.6) is 0 Å². The third-order valence-corrected chi connectivity index (χ3v) is 15.2. The molecule has 0 unspecified atom stereocenters. The molecule has 21 heteroatoms. The van der Waals surface area contributed by atoms with Gasteiger partial charge in [-0.25, -0.2) is 74.8 Å². The maximum absolute atomic E-state index is 4.78. The van der Waals surface area contributed by atoms with Gasteiger partial charge in [-0.05, 0) is 18.2 Å². The van der Waals surface area contributed by atoms with Crippen molar-refractivity contribution >= 4 is 0 Å². The molecule has 0 saturated heterocycles. The normalized spacial score (nSPS) is 11.7. The van der Waals surface area contributed by atoms with Crippen molar-refractivity contribution < 1.29 is 20.1 Å². The van der Waals surface area contributed by atoms with Crippen LogP contribution < -0.4 is 0 Å². The van der Waals surface area contributed by atoms with Gasteiger partial charge in [0.05, 0.1) is 5.82 Å². The van der Waals surface area contributed by atoms with Gasteiger partial charge in [-0.2, -0.15) is 0 Å². The Bertz CT molecular complexity index is 4270. The van der Waals surface area contributed by atoms with Gasteiger partial charge in [-0.1, -0.05) is 200 Å². The van der Waals surface area contributed by atoms with Crippen LogP contribution in [-0.2, 0) is 80.8 Å². The molecule has 0 aliphatic heterocycles. The maximum atomic E-state index is 4.78. The maximum Gasteiger partial charge on any atom is 0.163 e. The fourth-order valence-electron chi connectivity index (χ4n) is 9.63. The van der Waals surface area contributed by atoms with E-state index in [-0.39, 0.29) is 67.4 Å². The van der Waals surface area contributed by atoms with E-state index in [4.69, 9.17) is 29.9 Å². The molecule has 0 saturated carbocycles. The van der Waals surface area contributed by atoms with E-state index >= 15 is 0 Å². The van der Waals surface area contributed by atoms with Crippen LogP contribution in [-0.4, -0.2) is 98.0 Å². The molecule has 1 radical (unpaired) electrons. The van der Waals surface area contributed by atoms with Crippen LogP contribution in [0.2, 0.25) is 0 Å². The second kappa shape index (κ2) is 31.5. The summed E-state index contributed by atoms with van der Waals surface area (Å²) in [6.07, 6.45) is 18.1. The molecule has 12 rings (SSSR count). The van der Waals surface area contributed by atoms with E-state index in [0.29, 0.717) is 23.3 Å². The van der Waals surface area contributed by atoms with E-state index in [1.807, 2.05) is 138 Å². The number of hydrogen-bond donors (Lipinski definition) is 0. The first-order valence-electron chi connectivity index (χ1n) is 32.2. The van der Waals surface area contributed by atoms with Crippen molar-refractivity contribution in [3.8, 4) is 91.1 Å². The minimum Gasteiger partial charge on any atom is -0.373 e. The molecular formula is C78H99IrN20-. The van der Waals surface area contributed by atoms with Crippen LogP contribution in [0.1, 0.15) is 174 Å². The third-order valence-electron chi connectivity index (χ3n) is 15.2. The summed E-state index contributed by atoms with van der Waals surface area (Å²) in [7, 11) is 7.93. The standard InChI is InChI=1S/C21H27N5.C21H26N5.2C17H19N5.2CH4.Ir/c2*1-20(2,3)18-23-16(24-19(25-18)21(4,5)6)14-9-8-10-15(13-14)17-22-11-12-26(17)7;2*1-17(2,3)16-20-11-19-14(21-16)12-6-5-7-13(10-12)15-18-8-9-22(15)4;;;/h8-13H,1-7H3;8-9,11-13H,1-7H3;2*5-11H,1-4H3;2*1H4;/q;-1;;;;;. The smallest absolute Gasteiger partial charge is 0.163 e. The number of rotatable bonds is 8. The van der Waals surface area contributed by atoms with Gasteiger partial charge in [0.25, 0.3) is 0 Å². The Labute approximate surface area is 600 Å². The summed E-state index contributed by atoms with van der Waals surface area (Å²) in [4.78, 5) is 72.7. The first kappa shape index (κ1) is 78.4. The summed E-state index contributed by atoms with van der Waals surface area (Å²) < 4.78 is 7.97. The fraction of sp³-hybridized carbons (Fsp3) is 0.385. The van der Waals surface area contributed by atoms with Crippen LogP contribution in [0, 0.1) is 6.07 Å². The largest absolute Gasteiger partial charge is 0.373 e. The summed E-state index contributed by atoms with van der Waals surface area (Å²) in [6, 6.07) is 33.6. The van der Waals surface area contributed by atoms with E-state index in [1.54, 1.807) is 37.4 Å². The minimum atomic E-state index is -0.152. The average molecular weight is 1510 g/mol. The molecule has 99 heavy (non-hydrogen) atoms. The summed E-state index contributed by atoms with van der Waals surface area (Å²) >= 11 is 0. The van der Waals surface area contributed by atoms with Crippen molar-refractivity contribution in [1.82, 2.24) is 98.0 Å². The molecule has 12 aromatic rings. The van der Waals surface area contributed by atoms with Crippen molar-refractivity contribution in [1.29, 1.82) is 0 Å².